The summed E-state index contributed by atoms with van der Waals surface area (Å²) in [6.45, 7) is 1.28. The molecule has 120 valence electrons. The van der Waals surface area contributed by atoms with E-state index in [1.165, 1.54) is 18.1 Å². The van der Waals surface area contributed by atoms with Crippen molar-refractivity contribution >= 4 is 23.6 Å². The number of nitrogens with zero attached hydrogens (tertiary/aromatic N) is 3. The highest BCUT2D eigenvalue weighted by atomic mass is 32.2. The number of carbonyl (C=O) groups is 2. The van der Waals surface area contributed by atoms with Crippen molar-refractivity contribution in [1.82, 2.24) is 25.4 Å². The lowest BCUT2D eigenvalue weighted by Crippen LogP contribution is -2.52. The monoisotopic (exact) mass is 323 g/mol. The van der Waals surface area contributed by atoms with Gasteiger partial charge in [0, 0.05) is 24.8 Å². The van der Waals surface area contributed by atoms with Gasteiger partial charge in [-0.25, -0.2) is 4.98 Å². The van der Waals surface area contributed by atoms with Crippen LogP contribution < -0.4 is 5.32 Å². The Balaban J connectivity index is 1.45. The van der Waals surface area contributed by atoms with Gasteiger partial charge in [0.25, 0.3) is 0 Å². The Kier molecular flexibility index (Phi) is 4.97. The van der Waals surface area contributed by atoms with Crippen molar-refractivity contribution in [1.29, 1.82) is 0 Å². The van der Waals surface area contributed by atoms with Crippen LogP contribution in [0.4, 0.5) is 0 Å². The van der Waals surface area contributed by atoms with Crippen molar-refractivity contribution in [3.05, 3.63) is 6.33 Å². The van der Waals surface area contributed by atoms with Crippen molar-refractivity contribution in [2.75, 3.05) is 18.8 Å². The predicted molar refractivity (Wildman–Crippen MR) is 82.2 cm³/mol. The summed E-state index contributed by atoms with van der Waals surface area (Å²) in [6.07, 6.45) is 6.22. The molecule has 1 aliphatic carbocycles. The second kappa shape index (κ2) is 7.13. The summed E-state index contributed by atoms with van der Waals surface area (Å²) in [6, 6.07) is -0.280. The zero-order chi connectivity index (χ0) is 15.4. The van der Waals surface area contributed by atoms with Gasteiger partial charge in [0.1, 0.15) is 12.4 Å². The van der Waals surface area contributed by atoms with E-state index in [0.717, 1.165) is 49.6 Å². The average molecular weight is 323 g/mol. The minimum atomic E-state index is -0.280. The molecule has 1 atom stereocenters. The number of thioether (sulfide) groups is 1. The third-order valence-electron chi connectivity index (χ3n) is 4.05. The van der Waals surface area contributed by atoms with Crippen molar-refractivity contribution in [2.24, 2.45) is 5.92 Å². The Labute approximate surface area is 133 Å². The van der Waals surface area contributed by atoms with Crippen molar-refractivity contribution in [2.45, 2.75) is 43.3 Å². The quantitative estimate of drug-likeness (QED) is 0.597. The van der Waals surface area contributed by atoms with E-state index >= 15 is 0 Å². The lowest BCUT2D eigenvalue weighted by Gasteiger charge is -2.34. The van der Waals surface area contributed by atoms with Gasteiger partial charge >= 0.3 is 0 Å². The zero-order valence-electron chi connectivity index (χ0n) is 12.5. The highest BCUT2D eigenvalue weighted by Gasteiger charge is 2.39. The van der Waals surface area contributed by atoms with E-state index in [2.05, 4.69) is 20.5 Å². The summed E-state index contributed by atoms with van der Waals surface area (Å²) in [7, 11) is 0. The van der Waals surface area contributed by atoms with Gasteiger partial charge in [-0.05, 0) is 32.1 Å². The summed E-state index contributed by atoms with van der Waals surface area (Å²) in [5, 5.41) is 10.2. The van der Waals surface area contributed by atoms with Crippen LogP contribution in [0.15, 0.2) is 11.5 Å². The molecular weight excluding hydrogens is 302 g/mol. The van der Waals surface area contributed by atoms with Crippen molar-refractivity contribution < 1.29 is 9.59 Å². The van der Waals surface area contributed by atoms with Gasteiger partial charge in [-0.1, -0.05) is 11.8 Å². The van der Waals surface area contributed by atoms with Crippen LogP contribution in [0, 0.1) is 5.92 Å². The van der Waals surface area contributed by atoms with Gasteiger partial charge in [-0.15, -0.1) is 0 Å². The Morgan fingerprint density at radius 3 is 2.95 bits per heavy atom. The molecule has 7 nitrogen and oxygen atoms in total. The second-order valence-electron chi connectivity index (χ2n) is 5.75. The molecule has 2 aliphatic rings. The molecule has 1 saturated heterocycles. The Hall–Kier alpha value is -1.57. The number of H-pyrrole nitrogens is 1. The Bertz CT molecular complexity index is 517. The third kappa shape index (κ3) is 3.79. The number of piperidine rings is 1. The number of amides is 2. The van der Waals surface area contributed by atoms with E-state index in [-0.39, 0.29) is 23.8 Å². The topological polar surface area (TPSA) is 91.0 Å². The highest BCUT2D eigenvalue weighted by Crippen LogP contribution is 2.33. The van der Waals surface area contributed by atoms with Crippen LogP contribution in [0.1, 0.15) is 32.1 Å². The van der Waals surface area contributed by atoms with E-state index in [0.29, 0.717) is 6.54 Å². The number of aromatic nitrogens is 3. The maximum absolute atomic E-state index is 12.4. The maximum atomic E-state index is 12.4. The average Bonchev–Trinajstić information content (AvgIpc) is 3.27. The minimum Gasteiger partial charge on any atom is -0.353 e. The SMILES string of the molecule is O=C(NCCSc1ncn[nH]1)C1CCCCN1C(=O)C1CC1. The van der Waals surface area contributed by atoms with Gasteiger partial charge in [0.05, 0.1) is 0 Å². The van der Waals surface area contributed by atoms with Gasteiger partial charge in [0.15, 0.2) is 5.16 Å². The fraction of sp³-hybridized carbons (Fsp3) is 0.714. The lowest BCUT2D eigenvalue weighted by atomic mass is 10.0. The molecule has 8 heteroatoms. The van der Waals surface area contributed by atoms with Gasteiger partial charge < -0.3 is 10.2 Å². The molecule has 22 heavy (non-hydrogen) atoms. The predicted octanol–water partition coefficient (Wildman–Crippen LogP) is 0.804. The normalized spacial score (nSPS) is 21.6. The van der Waals surface area contributed by atoms with E-state index in [1.54, 1.807) is 4.90 Å². The standard InChI is InChI=1S/C14H21N5O2S/c20-12(15-6-8-22-14-16-9-17-18-14)11-3-1-2-7-19(11)13(21)10-4-5-10/h9-11H,1-8H2,(H,15,20)(H,16,17,18). The first-order valence-corrected chi connectivity index (χ1v) is 8.80. The fourth-order valence-corrected chi connectivity index (χ4v) is 3.37. The molecule has 3 rings (SSSR count). The molecule has 0 spiro atoms. The number of hydrogen-bond acceptors (Lipinski definition) is 5. The van der Waals surface area contributed by atoms with Crippen LogP contribution >= 0.6 is 11.8 Å². The lowest BCUT2D eigenvalue weighted by molar-refractivity contribution is -0.143. The van der Waals surface area contributed by atoms with E-state index in [9.17, 15) is 9.59 Å². The molecule has 1 unspecified atom stereocenters. The van der Waals surface area contributed by atoms with Crippen LogP contribution in [0.2, 0.25) is 0 Å². The second-order valence-corrected chi connectivity index (χ2v) is 6.83. The number of carbonyl (C=O) groups excluding carboxylic acids is 2. The first kappa shape index (κ1) is 15.3. The number of likely N-dealkylation sites (tertiary alicyclic amines) is 1. The first-order chi connectivity index (χ1) is 10.8. The molecule has 1 aliphatic heterocycles. The summed E-state index contributed by atoms with van der Waals surface area (Å²) in [5.74, 6) is 1.06. The maximum Gasteiger partial charge on any atom is 0.242 e. The number of rotatable bonds is 6. The number of hydrogen-bond donors (Lipinski definition) is 2. The zero-order valence-corrected chi connectivity index (χ0v) is 13.3. The molecule has 1 aromatic heterocycles. The minimum absolute atomic E-state index is 0.0214. The molecule has 0 radical (unpaired) electrons. The molecular formula is C14H21N5O2S. The van der Waals surface area contributed by atoms with Gasteiger partial charge in [0.2, 0.25) is 11.8 Å². The highest BCUT2D eigenvalue weighted by molar-refractivity contribution is 7.99. The Morgan fingerprint density at radius 1 is 1.36 bits per heavy atom. The smallest absolute Gasteiger partial charge is 0.242 e. The van der Waals surface area contributed by atoms with Crippen LogP contribution in [0.5, 0.6) is 0 Å². The van der Waals surface area contributed by atoms with Crippen molar-refractivity contribution in [3.63, 3.8) is 0 Å². The summed E-state index contributed by atoms with van der Waals surface area (Å²) < 4.78 is 0. The van der Waals surface area contributed by atoms with Crippen molar-refractivity contribution in [3.8, 4) is 0 Å². The van der Waals surface area contributed by atoms with E-state index in [1.807, 2.05) is 0 Å². The van der Waals surface area contributed by atoms with Crippen LogP contribution in [-0.4, -0.2) is 56.8 Å². The molecule has 1 aromatic rings. The van der Waals surface area contributed by atoms with Gasteiger partial charge in [-0.3, -0.25) is 14.7 Å². The number of aromatic amines is 1. The van der Waals surface area contributed by atoms with Gasteiger partial charge in [-0.2, -0.15) is 5.10 Å². The summed E-state index contributed by atoms with van der Waals surface area (Å²) in [5.41, 5.74) is 0. The Morgan fingerprint density at radius 2 is 2.23 bits per heavy atom. The van der Waals surface area contributed by atoms with Crippen LogP contribution in [0.3, 0.4) is 0 Å². The largest absolute Gasteiger partial charge is 0.353 e. The van der Waals surface area contributed by atoms with E-state index < -0.39 is 0 Å². The van der Waals surface area contributed by atoms with Crippen LogP contribution in [-0.2, 0) is 9.59 Å². The van der Waals surface area contributed by atoms with Crippen LogP contribution in [0.25, 0.3) is 0 Å². The fourth-order valence-electron chi connectivity index (χ4n) is 2.74. The molecule has 0 bridgehead atoms. The molecule has 0 aromatic carbocycles. The van der Waals surface area contributed by atoms with E-state index in [4.69, 9.17) is 0 Å². The molecule has 2 amide bonds. The first-order valence-electron chi connectivity index (χ1n) is 7.82. The molecule has 2 heterocycles. The third-order valence-corrected chi connectivity index (χ3v) is 4.93. The molecule has 2 fully saturated rings. The molecule has 1 saturated carbocycles. The molecule has 2 N–H and O–H groups in total. The summed E-state index contributed by atoms with van der Waals surface area (Å²) >= 11 is 1.51. The number of nitrogens with one attached hydrogen (secondary N) is 2. The summed E-state index contributed by atoms with van der Waals surface area (Å²) in [4.78, 5) is 30.5.